The van der Waals surface area contributed by atoms with Crippen LogP contribution in [0.4, 0.5) is 5.13 Å². The fourth-order valence-corrected chi connectivity index (χ4v) is 3.29. The maximum atomic E-state index is 12.4. The summed E-state index contributed by atoms with van der Waals surface area (Å²) in [6.45, 7) is 1.71. The number of carbonyl (C=O) groups is 1. The summed E-state index contributed by atoms with van der Waals surface area (Å²) in [5.41, 5.74) is 0.997. The molecule has 1 N–H and O–H groups in total. The van der Waals surface area contributed by atoms with Crippen LogP contribution in [-0.2, 0) is 0 Å². The van der Waals surface area contributed by atoms with Crippen molar-refractivity contribution in [2.75, 3.05) is 5.32 Å². The van der Waals surface area contributed by atoms with Gasteiger partial charge in [-0.25, -0.2) is 4.98 Å². The molecule has 0 aliphatic heterocycles. The number of rotatable bonds is 4. The van der Waals surface area contributed by atoms with Crippen LogP contribution in [0.3, 0.4) is 0 Å². The zero-order chi connectivity index (χ0) is 16.7. The average molecular weight is 361 g/mol. The van der Waals surface area contributed by atoms with Crippen molar-refractivity contribution in [2.45, 2.75) is 25.7 Å². The number of hydrogen-bond donors (Lipinski definition) is 1. The molecule has 1 amide bonds. The van der Waals surface area contributed by atoms with Crippen molar-refractivity contribution in [3.63, 3.8) is 0 Å². The van der Waals surface area contributed by atoms with Crippen molar-refractivity contribution in [1.82, 2.24) is 15.2 Å². The van der Waals surface area contributed by atoms with Gasteiger partial charge in [-0.05, 0) is 44.0 Å². The molecule has 2 aromatic heterocycles. The third-order valence-corrected chi connectivity index (χ3v) is 4.94. The van der Waals surface area contributed by atoms with Gasteiger partial charge in [0.15, 0.2) is 5.69 Å². The van der Waals surface area contributed by atoms with Gasteiger partial charge in [0.05, 0.1) is 0 Å². The number of carbonyl (C=O) groups excluding carboxylic acids is 1. The number of hydrogen-bond acceptors (Lipinski definition) is 6. The van der Waals surface area contributed by atoms with E-state index in [-0.39, 0.29) is 11.6 Å². The number of benzene rings is 1. The molecule has 24 heavy (non-hydrogen) atoms. The van der Waals surface area contributed by atoms with Crippen LogP contribution in [0.5, 0.6) is 0 Å². The zero-order valence-corrected chi connectivity index (χ0v) is 14.3. The van der Waals surface area contributed by atoms with Gasteiger partial charge in [-0.15, -0.1) is 10.2 Å². The van der Waals surface area contributed by atoms with E-state index in [4.69, 9.17) is 16.0 Å². The van der Waals surface area contributed by atoms with Crippen molar-refractivity contribution in [1.29, 1.82) is 0 Å². The van der Waals surface area contributed by atoms with E-state index in [1.165, 1.54) is 11.3 Å². The Kier molecular flexibility index (Phi) is 3.82. The normalized spacial score (nSPS) is 13.9. The number of amides is 1. The highest BCUT2D eigenvalue weighted by molar-refractivity contribution is 7.15. The highest BCUT2D eigenvalue weighted by atomic mass is 35.5. The van der Waals surface area contributed by atoms with Gasteiger partial charge in [0.1, 0.15) is 10.8 Å². The SMILES string of the molecule is Cc1oc(-c2ccc(Cl)cc2)nc1C(=O)Nc1nnc(C2CC2)s1. The molecule has 0 bridgehead atoms. The third-order valence-electron chi connectivity index (χ3n) is 3.69. The predicted octanol–water partition coefficient (Wildman–Crippen LogP) is 4.28. The molecule has 1 aliphatic rings. The number of oxazole rings is 1. The highest BCUT2D eigenvalue weighted by Crippen LogP contribution is 2.42. The lowest BCUT2D eigenvalue weighted by Crippen LogP contribution is -2.13. The summed E-state index contributed by atoms with van der Waals surface area (Å²) in [5.74, 6) is 0.989. The number of aryl methyl sites for hydroxylation is 1. The number of aromatic nitrogens is 3. The van der Waals surface area contributed by atoms with E-state index in [0.717, 1.165) is 23.4 Å². The minimum absolute atomic E-state index is 0.239. The van der Waals surface area contributed by atoms with Gasteiger partial charge >= 0.3 is 0 Å². The van der Waals surface area contributed by atoms with Gasteiger partial charge < -0.3 is 4.42 Å². The van der Waals surface area contributed by atoms with Gasteiger partial charge in [0.25, 0.3) is 5.91 Å². The van der Waals surface area contributed by atoms with Gasteiger partial charge in [-0.3, -0.25) is 10.1 Å². The molecule has 2 heterocycles. The fourth-order valence-electron chi connectivity index (χ4n) is 2.26. The summed E-state index contributed by atoms with van der Waals surface area (Å²) >= 11 is 7.29. The lowest BCUT2D eigenvalue weighted by Gasteiger charge is -1.97. The number of nitrogens with zero attached hydrogens (tertiary/aromatic N) is 3. The quantitative estimate of drug-likeness (QED) is 0.750. The Balaban J connectivity index is 1.54. The van der Waals surface area contributed by atoms with Crippen LogP contribution in [-0.4, -0.2) is 21.1 Å². The van der Waals surface area contributed by atoms with Crippen molar-refractivity contribution >= 4 is 34.0 Å². The van der Waals surface area contributed by atoms with Crippen molar-refractivity contribution in [3.8, 4) is 11.5 Å². The topological polar surface area (TPSA) is 80.9 Å². The second-order valence-corrected chi connectivity index (χ2v) is 7.05. The molecule has 0 unspecified atom stereocenters. The van der Waals surface area contributed by atoms with Crippen molar-refractivity contribution in [2.24, 2.45) is 0 Å². The monoisotopic (exact) mass is 360 g/mol. The summed E-state index contributed by atoms with van der Waals surface area (Å²) in [6.07, 6.45) is 2.30. The van der Waals surface area contributed by atoms with E-state index in [0.29, 0.717) is 27.7 Å². The molecule has 1 saturated carbocycles. The van der Waals surface area contributed by atoms with E-state index >= 15 is 0 Å². The maximum Gasteiger partial charge on any atom is 0.279 e. The Morgan fingerprint density at radius 3 is 2.75 bits per heavy atom. The molecule has 4 rings (SSSR count). The van der Waals surface area contributed by atoms with Crippen LogP contribution >= 0.6 is 22.9 Å². The molecular weight excluding hydrogens is 348 g/mol. The predicted molar refractivity (Wildman–Crippen MR) is 91.5 cm³/mol. The highest BCUT2D eigenvalue weighted by Gasteiger charge is 2.28. The minimum Gasteiger partial charge on any atom is -0.441 e. The first kappa shape index (κ1) is 15.3. The summed E-state index contributed by atoms with van der Waals surface area (Å²) < 4.78 is 5.61. The fraction of sp³-hybridized carbons (Fsp3) is 0.250. The lowest BCUT2D eigenvalue weighted by atomic mass is 10.2. The lowest BCUT2D eigenvalue weighted by molar-refractivity contribution is 0.102. The molecule has 1 fully saturated rings. The zero-order valence-electron chi connectivity index (χ0n) is 12.7. The smallest absolute Gasteiger partial charge is 0.279 e. The number of anilines is 1. The molecule has 122 valence electrons. The molecular formula is C16H13ClN4O2S. The minimum atomic E-state index is -0.352. The molecule has 1 aliphatic carbocycles. The first-order chi connectivity index (χ1) is 11.6. The van der Waals surface area contributed by atoms with Crippen LogP contribution in [0.1, 0.15) is 40.0 Å². The van der Waals surface area contributed by atoms with E-state index < -0.39 is 0 Å². The maximum absolute atomic E-state index is 12.4. The average Bonchev–Trinajstić information content (AvgIpc) is 3.19. The van der Waals surface area contributed by atoms with Crippen molar-refractivity contribution in [3.05, 3.63) is 45.7 Å². The van der Waals surface area contributed by atoms with Crippen LogP contribution in [0, 0.1) is 6.92 Å². The van der Waals surface area contributed by atoms with Crippen LogP contribution in [0.2, 0.25) is 5.02 Å². The summed E-state index contributed by atoms with van der Waals surface area (Å²) in [6, 6.07) is 7.08. The number of halogens is 1. The molecule has 0 atom stereocenters. The molecule has 0 spiro atoms. The molecule has 0 radical (unpaired) electrons. The molecule has 6 nitrogen and oxygen atoms in total. The second kappa shape index (κ2) is 5.99. The van der Waals surface area contributed by atoms with E-state index in [2.05, 4.69) is 20.5 Å². The van der Waals surface area contributed by atoms with Crippen LogP contribution in [0.25, 0.3) is 11.5 Å². The summed E-state index contributed by atoms with van der Waals surface area (Å²) in [7, 11) is 0. The van der Waals surface area contributed by atoms with Gasteiger partial charge in [0.2, 0.25) is 11.0 Å². The molecule has 8 heteroatoms. The van der Waals surface area contributed by atoms with Gasteiger partial charge in [-0.1, -0.05) is 22.9 Å². The van der Waals surface area contributed by atoms with Gasteiger partial charge in [-0.2, -0.15) is 0 Å². The van der Waals surface area contributed by atoms with Crippen LogP contribution in [0.15, 0.2) is 28.7 Å². The Morgan fingerprint density at radius 2 is 2.04 bits per heavy atom. The first-order valence-electron chi connectivity index (χ1n) is 7.48. The van der Waals surface area contributed by atoms with E-state index in [1.807, 2.05) is 0 Å². The summed E-state index contributed by atoms with van der Waals surface area (Å²) in [5, 5.41) is 12.9. The van der Waals surface area contributed by atoms with E-state index in [9.17, 15) is 4.79 Å². The Hall–Kier alpha value is -2.25. The Labute approximate surface area is 146 Å². The third kappa shape index (κ3) is 3.05. The second-order valence-electron chi connectivity index (χ2n) is 5.60. The van der Waals surface area contributed by atoms with Crippen LogP contribution < -0.4 is 5.32 Å². The Bertz CT molecular complexity index is 899. The van der Waals surface area contributed by atoms with E-state index in [1.54, 1.807) is 31.2 Å². The number of nitrogens with one attached hydrogen (secondary N) is 1. The molecule has 1 aromatic carbocycles. The standard InChI is InChI=1S/C16H13ClN4O2S/c1-8-12(18-14(23-8)9-4-6-11(17)7-5-9)13(22)19-16-21-20-15(24-16)10-2-3-10/h4-7,10H,2-3H2,1H3,(H,19,21,22). The summed E-state index contributed by atoms with van der Waals surface area (Å²) in [4.78, 5) is 16.7. The first-order valence-corrected chi connectivity index (χ1v) is 8.68. The van der Waals surface area contributed by atoms with Gasteiger partial charge in [0, 0.05) is 16.5 Å². The largest absolute Gasteiger partial charge is 0.441 e. The van der Waals surface area contributed by atoms with Crippen molar-refractivity contribution < 1.29 is 9.21 Å². The molecule has 0 saturated heterocycles. The molecule has 3 aromatic rings. The Morgan fingerprint density at radius 1 is 1.29 bits per heavy atom.